The average Bonchev–Trinajstić information content (AvgIpc) is 3.01. The van der Waals surface area contributed by atoms with Gasteiger partial charge in [0, 0.05) is 25.1 Å². The van der Waals surface area contributed by atoms with Crippen LogP contribution in [-0.2, 0) is 13.5 Å². The van der Waals surface area contributed by atoms with Crippen molar-refractivity contribution in [1.29, 1.82) is 0 Å². The maximum atomic E-state index is 11.9. The molecule has 3 rings (SSSR count). The maximum absolute atomic E-state index is 11.9. The van der Waals surface area contributed by atoms with Gasteiger partial charge < -0.3 is 5.11 Å². The zero-order valence-corrected chi connectivity index (χ0v) is 15.0. The molecular weight excluding hydrogens is 310 g/mol. The molecule has 6 heteroatoms. The highest BCUT2D eigenvalue weighted by molar-refractivity contribution is 7.13. The highest BCUT2D eigenvalue weighted by Crippen LogP contribution is 2.48. The molecule has 0 spiro atoms. The van der Waals surface area contributed by atoms with E-state index in [1.54, 1.807) is 16.2 Å². The quantitative estimate of drug-likeness (QED) is 0.852. The van der Waals surface area contributed by atoms with E-state index in [1.807, 2.05) is 30.1 Å². The molecule has 2 atom stereocenters. The van der Waals surface area contributed by atoms with Crippen molar-refractivity contribution in [2.75, 3.05) is 0 Å². The van der Waals surface area contributed by atoms with Crippen LogP contribution in [0.25, 0.3) is 10.6 Å². The summed E-state index contributed by atoms with van der Waals surface area (Å²) in [7, 11) is 1.95. The first-order chi connectivity index (χ1) is 10.7. The molecule has 0 fully saturated rings. The minimum absolute atomic E-state index is 0.0738. The van der Waals surface area contributed by atoms with Gasteiger partial charge in [-0.2, -0.15) is 5.10 Å². The van der Waals surface area contributed by atoms with Gasteiger partial charge in [-0.05, 0) is 23.8 Å². The van der Waals surface area contributed by atoms with Crippen LogP contribution < -0.4 is 0 Å². The standard InChI is InChI=1S/C17H23N3O2S/c1-10-9-11-13(15(17(2,3)4)20(10)16(21)22)14(19(5)18-11)12-7-6-8-23-12/h6-8,10,15H,9H2,1-5H3,(H,21,22)/t10-,15?/m0/s1. The Labute approximate surface area is 140 Å². The summed E-state index contributed by atoms with van der Waals surface area (Å²) < 4.78 is 1.91. The van der Waals surface area contributed by atoms with Crippen molar-refractivity contribution in [1.82, 2.24) is 14.7 Å². The number of hydrogen-bond donors (Lipinski definition) is 1. The van der Waals surface area contributed by atoms with E-state index in [2.05, 4.69) is 26.8 Å². The first kappa shape index (κ1) is 16.1. The van der Waals surface area contributed by atoms with Gasteiger partial charge in [0.25, 0.3) is 0 Å². The summed E-state index contributed by atoms with van der Waals surface area (Å²) in [4.78, 5) is 14.7. The third kappa shape index (κ3) is 2.55. The van der Waals surface area contributed by atoms with Gasteiger partial charge in [-0.3, -0.25) is 9.58 Å². The van der Waals surface area contributed by atoms with Crippen LogP contribution in [-0.4, -0.2) is 31.9 Å². The SMILES string of the molecule is C[C@H]1Cc2nn(C)c(-c3cccs3)c2C(C(C)(C)C)N1C(=O)O. The van der Waals surface area contributed by atoms with Crippen molar-refractivity contribution in [3.63, 3.8) is 0 Å². The van der Waals surface area contributed by atoms with Gasteiger partial charge >= 0.3 is 6.09 Å². The zero-order chi connectivity index (χ0) is 16.9. The Morgan fingerprint density at radius 1 is 1.43 bits per heavy atom. The Morgan fingerprint density at radius 3 is 2.65 bits per heavy atom. The van der Waals surface area contributed by atoms with E-state index in [9.17, 15) is 9.90 Å². The van der Waals surface area contributed by atoms with Crippen molar-refractivity contribution in [2.45, 2.75) is 46.2 Å². The van der Waals surface area contributed by atoms with Crippen molar-refractivity contribution in [2.24, 2.45) is 12.5 Å². The largest absolute Gasteiger partial charge is 0.465 e. The van der Waals surface area contributed by atoms with E-state index in [0.717, 1.165) is 21.8 Å². The number of amides is 1. The van der Waals surface area contributed by atoms with Crippen LogP contribution in [0.4, 0.5) is 4.79 Å². The number of aromatic nitrogens is 2. The van der Waals surface area contributed by atoms with Crippen LogP contribution in [0.3, 0.4) is 0 Å². The Bertz CT molecular complexity index is 728. The van der Waals surface area contributed by atoms with Crippen LogP contribution >= 0.6 is 11.3 Å². The lowest BCUT2D eigenvalue weighted by molar-refractivity contribution is 0.0501. The lowest BCUT2D eigenvalue weighted by Crippen LogP contribution is -2.49. The molecular formula is C17H23N3O2S. The minimum Gasteiger partial charge on any atom is -0.465 e. The third-order valence-electron chi connectivity index (χ3n) is 4.47. The zero-order valence-electron chi connectivity index (χ0n) is 14.2. The van der Waals surface area contributed by atoms with E-state index in [-0.39, 0.29) is 17.5 Å². The summed E-state index contributed by atoms with van der Waals surface area (Å²) in [5.74, 6) is 0. The number of fused-ring (bicyclic) bond motifs is 1. The maximum Gasteiger partial charge on any atom is 0.408 e. The second-order valence-electron chi connectivity index (χ2n) is 7.32. The van der Waals surface area contributed by atoms with Crippen LogP contribution in [0.5, 0.6) is 0 Å². The third-order valence-corrected chi connectivity index (χ3v) is 5.35. The number of thiophene rings is 1. The van der Waals surface area contributed by atoms with Crippen molar-refractivity contribution < 1.29 is 9.90 Å². The highest BCUT2D eigenvalue weighted by atomic mass is 32.1. The fraction of sp³-hybridized carbons (Fsp3) is 0.529. The van der Waals surface area contributed by atoms with Crippen molar-refractivity contribution >= 4 is 17.4 Å². The normalized spacial score (nSPS) is 21.3. The smallest absolute Gasteiger partial charge is 0.408 e. The van der Waals surface area contributed by atoms with E-state index in [0.29, 0.717) is 6.42 Å². The minimum atomic E-state index is -0.857. The molecule has 2 aromatic rings. The second-order valence-corrected chi connectivity index (χ2v) is 8.27. The average molecular weight is 333 g/mol. The topological polar surface area (TPSA) is 58.4 Å². The summed E-state index contributed by atoms with van der Waals surface area (Å²) >= 11 is 1.66. The molecule has 0 saturated carbocycles. The van der Waals surface area contributed by atoms with E-state index < -0.39 is 6.09 Å². The predicted octanol–water partition coefficient (Wildman–Crippen LogP) is 4.16. The van der Waals surface area contributed by atoms with Crippen LogP contribution in [0.2, 0.25) is 0 Å². The highest BCUT2D eigenvalue weighted by Gasteiger charge is 2.45. The van der Waals surface area contributed by atoms with E-state index in [4.69, 9.17) is 5.10 Å². The van der Waals surface area contributed by atoms with Gasteiger partial charge in [0.15, 0.2) is 0 Å². The molecule has 0 bridgehead atoms. The Morgan fingerprint density at radius 2 is 2.13 bits per heavy atom. The molecule has 0 aromatic carbocycles. The molecule has 1 aliphatic rings. The van der Waals surface area contributed by atoms with Gasteiger partial charge in [0.05, 0.1) is 22.3 Å². The Kier molecular flexibility index (Phi) is 3.75. The summed E-state index contributed by atoms with van der Waals surface area (Å²) in [5.41, 5.74) is 2.94. The molecule has 2 aromatic heterocycles. The van der Waals surface area contributed by atoms with Crippen LogP contribution in [0.1, 0.15) is 45.0 Å². The number of nitrogens with zero attached hydrogens (tertiary/aromatic N) is 3. The lowest BCUT2D eigenvalue weighted by Gasteiger charge is -2.45. The molecule has 1 N–H and O–H groups in total. The molecule has 0 aliphatic carbocycles. The van der Waals surface area contributed by atoms with Crippen molar-refractivity contribution in [3.05, 3.63) is 28.8 Å². The molecule has 0 saturated heterocycles. The molecule has 0 radical (unpaired) electrons. The summed E-state index contributed by atoms with van der Waals surface area (Å²) in [5, 5.41) is 16.6. The van der Waals surface area contributed by atoms with Gasteiger partial charge in [-0.1, -0.05) is 26.8 Å². The fourth-order valence-corrected chi connectivity index (χ4v) is 4.48. The Hall–Kier alpha value is -1.82. The number of hydrogen-bond acceptors (Lipinski definition) is 3. The number of rotatable bonds is 1. The summed E-state index contributed by atoms with van der Waals surface area (Å²) in [6.45, 7) is 8.26. The van der Waals surface area contributed by atoms with Gasteiger partial charge in [0.2, 0.25) is 0 Å². The lowest BCUT2D eigenvalue weighted by atomic mass is 9.76. The second kappa shape index (κ2) is 5.37. The predicted molar refractivity (Wildman–Crippen MR) is 91.7 cm³/mol. The fourth-order valence-electron chi connectivity index (χ4n) is 3.66. The molecule has 1 unspecified atom stereocenters. The van der Waals surface area contributed by atoms with Crippen LogP contribution in [0.15, 0.2) is 17.5 Å². The first-order valence-electron chi connectivity index (χ1n) is 7.82. The number of carboxylic acid groups (broad SMARTS) is 1. The molecule has 1 aliphatic heterocycles. The van der Waals surface area contributed by atoms with Crippen LogP contribution in [0, 0.1) is 5.41 Å². The first-order valence-corrected chi connectivity index (χ1v) is 8.70. The van der Waals surface area contributed by atoms with Gasteiger partial charge in [-0.25, -0.2) is 4.79 Å². The molecule has 1 amide bonds. The molecule has 124 valence electrons. The summed E-state index contributed by atoms with van der Waals surface area (Å²) in [6, 6.07) is 3.82. The molecule has 23 heavy (non-hydrogen) atoms. The summed E-state index contributed by atoms with van der Waals surface area (Å²) in [6.07, 6.45) is -0.197. The monoisotopic (exact) mass is 333 g/mol. The van der Waals surface area contributed by atoms with Gasteiger partial charge in [-0.15, -0.1) is 11.3 Å². The molecule has 3 heterocycles. The van der Waals surface area contributed by atoms with Gasteiger partial charge in [0.1, 0.15) is 0 Å². The molecule has 5 nitrogen and oxygen atoms in total. The van der Waals surface area contributed by atoms with Crippen molar-refractivity contribution in [3.8, 4) is 10.6 Å². The van der Waals surface area contributed by atoms with E-state index >= 15 is 0 Å². The number of aryl methyl sites for hydroxylation is 1. The van der Waals surface area contributed by atoms with E-state index in [1.165, 1.54) is 0 Å². The Balaban J connectivity index is 2.27. The number of carbonyl (C=O) groups is 1.